The molecule has 4 aromatic rings. The lowest BCUT2D eigenvalue weighted by molar-refractivity contribution is 0.171. The van der Waals surface area contributed by atoms with Gasteiger partial charge in [-0.1, -0.05) is 50.2 Å². The van der Waals surface area contributed by atoms with Gasteiger partial charge in [0.25, 0.3) is 0 Å². The van der Waals surface area contributed by atoms with Crippen LogP contribution in [0.1, 0.15) is 75.5 Å². The molecular formula is C30H37N7O4. The summed E-state index contributed by atoms with van der Waals surface area (Å²) in [5, 5.41) is 28.2. The summed E-state index contributed by atoms with van der Waals surface area (Å²) in [6.07, 6.45) is 5.12. The van der Waals surface area contributed by atoms with Gasteiger partial charge in [0.1, 0.15) is 17.6 Å². The average molecular weight is 560 g/mol. The van der Waals surface area contributed by atoms with E-state index in [2.05, 4.69) is 37.0 Å². The SMILES string of the molecule is CC(C)(C)c1cc(NC(=O)N[C@H]2CC[C@@H](Oc3ccc4nnc(N5CCC(CO)CC5)n4c3)c3ccccc32)no1. The highest BCUT2D eigenvalue weighted by Gasteiger charge is 2.30. The van der Waals surface area contributed by atoms with Crippen LogP contribution in [-0.4, -0.2) is 50.6 Å². The van der Waals surface area contributed by atoms with Gasteiger partial charge in [-0.15, -0.1) is 10.2 Å². The van der Waals surface area contributed by atoms with Crippen LogP contribution in [-0.2, 0) is 5.41 Å². The maximum absolute atomic E-state index is 12.9. The van der Waals surface area contributed by atoms with Crippen molar-refractivity contribution in [1.82, 2.24) is 25.1 Å². The van der Waals surface area contributed by atoms with Crippen LogP contribution in [0.3, 0.4) is 0 Å². The zero-order chi connectivity index (χ0) is 28.6. The van der Waals surface area contributed by atoms with Gasteiger partial charge in [0.2, 0.25) is 5.95 Å². The Balaban J connectivity index is 1.15. The third-order valence-corrected chi connectivity index (χ3v) is 8.02. The lowest BCUT2D eigenvalue weighted by Gasteiger charge is -2.32. The van der Waals surface area contributed by atoms with Crippen LogP contribution in [0, 0.1) is 5.92 Å². The van der Waals surface area contributed by atoms with Gasteiger partial charge in [-0.25, -0.2) is 4.79 Å². The lowest BCUT2D eigenvalue weighted by atomic mass is 9.85. The Kier molecular flexibility index (Phi) is 7.29. The monoisotopic (exact) mass is 559 g/mol. The number of carbonyl (C=O) groups excluding carboxylic acids is 1. The highest BCUT2D eigenvalue weighted by Crippen LogP contribution is 2.39. The Labute approximate surface area is 238 Å². The van der Waals surface area contributed by atoms with E-state index in [9.17, 15) is 9.90 Å². The molecule has 3 N–H and O–H groups in total. The van der Waals surface area contributed by atoms with Crippen LogP contribution in [0.4, 0.5) is 16.6 Å². The minimum Gasteiger partial charge on any atom is -0.484 e. The zero-order valence-corrected chi connectivity index (χ0v) is 23.7. The maximum Gasteiger partial charge on any atom is 0.320 e. The van der Waals surface area contributed by atoms with Crippen molar-refractivity contribution >= 4 is 23.4 Å². The van der Waals surface area contributed by atoms with Crippen molar-refractivity contribution in [3.8, 4) is 5.75 Å². The largest absolute Gasteiger partial charge is 0.484 e. The first-order valence-electron chi connectivity index (χ1n) is 14.3. The highest BCUT2D eigenvalue weighted by molar-refractivity contribution is 5.88. The van der Waals surface area contributed by atoms with Gasteiger partial charge in [0.05, 0.1) is 12.2 Å². The Bertz CT molecular complexity index is 1520. The minimum atomic E-state index is -0.327. The molecule has 1 fully saturated rings. The molecule has 2 aliphatic rings. The number of rotatable bonds is 6. The molecule has 1 saturated heterocycles. The summed E-state index contributed by atoms with van der Waals surface area (Å²) in [6.45, 7) is 7.99. The standard InChI is InChI=1S/C30H37N7O4/c1-30(2,3)25-16-26(35-41-25)32-28(39)31-23-9-10-24(22-7-5-4-6-21(22)23)40-20-8-11-27-33-34-29(37(27)17-20)36-14-12-19(18-38)13-15-36/h4-8,11,16-17,19,23-24,38H,9-10,12-15,18H2,1-3H3,(H2,31,32,35,39)/t23-,24+/m0/s1. The maximum atomic E-state index is 12.9. The molecule has 0 bridgehead atoms. The number of aliphatic hydroxyl groups is 1. The normalized spacial score (nSPS) is 19.7. The van der Waals surface area contributed by atoms with E-state index in [1.165, 1.54) is 0 Å². The van der Waals surface area contributed by atoms with Gasteiger partial charge in [-0.05, 0) is 54.9 Å². The van der Waals surface area contributed by atoms with Gasteiger partial charge >= 0.3 is 6.03 Å². The first kappa shape index (κ1) is 27.1. The number of pyridine rings is 1. The van der Waals surface area contributed by atoms with E-state index in [1.807, 2.05) is 61.7 Å². The van der Waals surface area contributed by atoms with Crippen molar-refractivity contribution in [2.24, 2.45) is 5.92 Å². The van der Waals surface area contributed by atoms with Gasteiger partial charge < -0.3 is 24.6 Å². The number of anilines is 2. The van der Waals surface area contributed by atoms with Crippen molar-refractivity contribution in [2.45, 2.75) is 64.0 Å². The van der Waals surface area contributed by atoms with E-state index in [0.29, 0.717) is 17.5 Å². The van der Waals surface area contributed by atoms with E-state index >= 15 is 0 Å². The number of ether oxygens (including phenoxy) is 1. The molecule has 0 unspecified atom stereocenters. The number of aromatic nitrogens is 4. The highest BCUT2D eigenvalue weighted by atomic mass is 16.5. The third kappa shape index (κ3) is 5.72. The van der Waals surface area contributed by atoms with E-state index in [4.69, 9.17) is 9.26 Å². The van der Waals surface area contributed by atoms with Crippen LogP contribution in [0.2, 0.25) is 0 Å². The third-order valence-electron chi connectivity index (χ3n) is 8.02. The number of carbonyl (C=O) groups is 1. The fourth-order valence-electron chi connectivity index (χ4n) is 5.65. The molecule has 0 radical (unpaired) electrons. The Morgan fingerprint density at radius 2 is 1.85 bits per heavy atom. The summed E-state index contributed by atoms with van der Waals surface area (Å²) in [5.41, 5.74) is 2.65. The molecule has 3 aromatic heterocycles. The molecule has 41 heavy (non-hydrogen) atoms. The molecule has 2 amide bonds. The number of urea groups is 1. The first-order valence-corrected chi connectivity index (χ1v) is 14.3. The second-order valence-electron chi connectivity index (χ2n) is 12.0. The fraction of sp³-hybridized carbons (Fsp3) is 0.467. The molecule has 0 spiro atoms. The number of fused-ring (bicyclic) bond motifs is 2. The lowest BCUT2D eigenvalue weighted by Crippen LogP contribution is -2.36. The van der Waals surface area contributed by atoms with E-state index in [-0.39, 0.29) is 30.2 Å². The van der Waals surface area contributed by atoms with Gasteiger partial charge in [-0.2, -0.15) is 0 Å². The second kappa shape index (κ2) is 11.0. The molecule has 11 nitrogen and oxygen atoms in total. The molecule has 2 atom stereocenters. The molecule has 4 heterocycles. The molecule has 1 aliphatic heterocycles. The average Bonchev–Trinajstić information content (AvgIpc) is 3.62. The van der Waals surface area contributed by atoms with Gasteiger partial charge in [0.15, 0.2) is 11.5 Å². The Morgan fingerprint density at radius 3 is 2.59 bits per heavy atom. The number of aliphatic hydroxyl groups excluding tert-OH is 1. The zero-order valence-electron chi connectivity index (χ0n) is 23.7. The van der Waals surface area contributed by atoms with Gasteiger partial charge in [-0.3, -0.25) is 9.72 Å². The summed E-state index contributed by atoms with van der Waals surface area (Å²) in [7, 11) is 0. The number of nitrogens with zero attached hydrogens (tertiary/aromatic N) is 5. The molecule has 0 saturated carbocycles. The Hall–Kier alpha value is -4.12. The number of nitrogens with one attached hydrogen (secondary N) is 2. The van der Waals surface area contributed by atoms with Crippen molar-refractivity contribution in [3.05, 3.63) is 65.5 Å². The second-order valence-corrected chi connectivity index (χ2v) is 12.0. The number of piperidine rings is 1. The number of hydrogen-bond donors (Lipinski definition) is 3. The Morgan fingerprint density at radius 1 is 1.07 bits per heavy atom. The number of benzene rings is 1. The predicted molar refractivity (Wildman–Crippen MR) is 154 cm³/mol. The minimum absolute atomic E-state index is 0.158. The topological polar surface area (TPSA) is 130 Å². The summed E-state index contributed by atoms with van der Waals surface area (Å²) >= 11 is 0. The van der Waals surface area contributed by atoms with Crippen LogP contribution in [0.5, 0.6) is 5.75 Å². The summed E-state index contributed by atoms with van der Waals surface area (Å²) < 4.78 is 13.9. The van der Waals surface area contributed by atoms with Gasteiger partial charge in [0, 0.05) is 31.2 Å². The molecule has 1 aliphatic carbocycles. The van der Waals surface area contributed by atoms with Crippen molar-refractivity contribution in [1.29, 1.82) is 0 Å². The molecule has 216 valence electrons. The number of hydrogen-bond acceptors (Lipinski definition) is 8. The van der Waals surface area contributed by atoms with Crippen molar-refractivity contribution in [3.63, 3.8) is 0 Å². The molecular weight excluding hydrogens is 522 g/mol. The first-order chi connectivity index (χ1) is 19.8. The van der Waals surface area contributed by atoms with Crippen LogP contribution >= 0.6 is 0 Å². The molecule has 1 aromatic carbocycles. The van der Waals surface area contributed by atoms with Crippen LogP contribution < -0.4 is 20.3 Å². The van der Waals surface area contributed by atoms with E-state index in [0.717, 1.165) is 67.2 Å². The van der Waals surface area contributed by atoms with Crippen molar-refractivity contribution in [2.75, 3.05) is 29.9 Å². The summed E-state index contributed by atoms with van der Waals surface area (Å²) in [6, 6.07) is 13.2. The molecule has 11 heteroatoms. The predicted octanol–water partition coefficient (Wildman–Crippen LogP) is 5.00. The van der Waals surface area contributed by atoms with Crippen LogP contribution in [0.25, 0.3) is 5.65 Å². The summed E-state index contributed by atoms with van der Waals surface area (Å²) in [5.74, 6) is 2.97. The van der Waals surface area contributed by atoms with Crippen molar-refractivity contribution < 1.29 is 19.2 Å². The fourth-order valence-corrected chi connectivity index (χ4v) is 5.65. The van der Waals surface area contributed by atoms with E-state index < -0.39 is 0 Å². The quantitative estimate of drug-likeness (QED) is 0.301. The smallest absolute Gasteiger partial charge is 0.320 e. The van der Waals surface area contributed by atoms with Crippen LogP contribution in [0.15, 0.2) is 53.2 Å². The number of amides is 2. The molecule has 6 rings (SSSR count). The summed E-state index contributed by atoms with van der Waals surface area (Å²) in [4.78, 5) is 15.1. The van der Waals surface area contributed by atoms with E-state index in [1.54, 1.807) is 6.07 Å².